The van der Waals surface area contributed by atoms with E-state index in [1.807, 2.05) is 6.07 Å². The van der Waals surface area contributed by atoms with Crippen molar-refractivity contribution in [2.75, 3.05) is 0 Å². The van der Waals surface area contributed by atoms with Gasteiger partial charge in [0.1, 0.15) is 0 Å². The lowest BCUT2D eigenvalue weighted by Crippen LogP contribution is -2.20. The fourth-order valence-electron chi connectivity index (χ4n) is 2.89. The van der Waals surface area contributed by atoms with Gasteiger partial charge in [-0.15, -0.1) is 0 Å². The molecule has 3 nitrogen and oxygen atoms in total. The maximum atomic E-state index is 11.3. The van der Waals surface area contributed by atoms with Crippen molar-refractivity contribution in [3.63, 3.8) is 0 Å². The first kappa shape index (κ1) is 14.4. The van der Waals surface area contributed by atoms with Crippen molar-refractivity contribution in [1.29, 1.82) is 0 Å². The number of halogens is 1. The summed E-state index contributed by atoms with van der Waals surface area (Å²) in [6, 6.07) is 6.11. The van der Waals surface area contributed by atoms with Crippen molar-refractivity contribution >= 4 is 27.0 Å². The minimum Gasteiger partial charge on any atom is -0.306 e. The number of aromatic amines is 2. The Balaban J connectivity index is 2.39. The number of rotatable bonds is 4. The maximum Gasteiger partial charge on any atom is 0.323 e. The molecule has 0 amide bonds. The molecule has 0 aliphatic heterocycles. The summed E-state index contributed by atoms with van der Waals surface area (Å²) in [5, 5.41) is 0. The van der Waals surface area contributed by atoms with E-state index in [1.54, 1.807) is 0 Å². The Bertz CT molecular complexity index is 604. The van der Waals surface area contributed by atoms with E-state index in [4.69, 9.17) is 0 Å². The standard InChI is InChI=1S/C15H21BrN2O/c1-8(2)13(9(3)4)14(16)10-5-6-11-12(7-10)18-15(19)17-11/h5-9,13-14H,1-4H3,(H2,17,18,19). The van der Waals surface area contributed by atoms with E-state index < -0.39 is 0 Å². The van der Waals surface area contributed by atoms with Gasteiger partial charge in [-0.1, -0.05) is 49.7 Å². The summed E-state index contributed by atoms with van der Waals surface area (Å²) in [5.41, 5.74) is 2.80. The van der Waals surface area contributed by atoms with Crippen LogP contribution in [-0.2, 0) is 0 Å². The molecule has 2 rings (SSSR count). The molecule has 1 aromatic carbocycles. The predicted molar refractivity (Wildman–Crippen MR) is 83.8 cm³/mol. The fraction of sp³-hybridized carbons (Fsp3) is 0.533. The molecule has 1 heterocycles. The lowest BCUT2D eigenvalue weighted by Gasteiger charge is -2.30. The SMILES string of the molecule is CC(C)C(C(C)C)C(Br)c1ccc2[nH]c(=O)[nH]c2c1. The number of alkyl halides is 1. The van der Waals surface area contributed by atoms with E-state index >= 15 is 0 Å². The molecule has 0 saturated carbocycles. The molecule has 0 radical (unpaired) electrons. The minimum absolute atomic E-state index is 0.150. The normalized spacial score (nSPS) is 13.9. The third-order valence-electron chi connectivity index (χ3n) is 3.74. The zero-order valence-corrected chi connectivity index (χ0v) is 13.4. The molecule has 104 valence electrons. The Kier molecular flexibility index (Phi) is 4.19. The topological polar surface area (TPSA) is 48.6 Å². The number of hydrogen-bond donors (Lipinski definition) is 2. The van der Waals surface area contributed by atoms with Crippen molar-refractivity contribution in [2.45, 2.75) is 32.5 Å². The molecule has 0 aliphatic rings. The first-order valence-electron chi connectivity index (χ1n) is 6.76. The van der Waals surface area contributed by atoms with Gasteiger partial charge in [0.25, 0.3) is 0 Å². The van der Waals surface area contributed by atoms with Crippen LogP contribution in [0, 0.1) is 17.8 Å². The van der Waals surface area contributed by atoms with Gasteiger partial charge in [0.15, 0.2) is 0 Å². The molecule has 1 aromatic heterocycles. The van der Waals surface area contributed by atoms with Gasteiger partial charge >= 0.3 is 5.69 Å². The molecule has 4 heteroatoms. The lowest BCUT2D eigenvalue weighted by molar-refractivity contribution is 0.284. The van der Waals surface area contributed by atoms with Crippen molar-refractivity contribution in [1.82, 2.24) is 9.97 Å². The van der Waals surface area contributed by atoms with Crippen LogP contribution in [0.3, 0.4) is 0 Å². The Morgan fingerprint density at radius 1 is 1.00 bits per heavy atom. The smallest absolute Gasteiger partial charge is 0.306 e. The van der Waals surface area contributed by atoms with E-state index in [1.165, 1.54) is 5.56 Å². The number of hydrogen-bond acceptors (Lipinski definition) is 1. The van der Waals surface area contributed by atoms with Crippen LogP contribution in [0.2, 0.25) is 0 Å². The number of imidazole rings is 1. The molecule has 0 spiro atoms. The second kappa shape index (κ2) is 5.53. The quantitative estimate of drug-likeness (QED) is 0.813. The van der Waals surface area contributed by atoms with Gasteiger partial charge < -0.3 is 9.97 Å². The van der Waals surface area contributed by atoms with E-state index in [-0.39, 0.29) is 5.69 Å². The average molecular weight is 325 g/mol. The van der Waals surface area contributed by atoms with Crippen molar-refractivity contribution in [3.8, 4) is 0 Å². The van der Waals surface area contributed by atoms with Gasteiger partial charge in [-0.25, -0.2) is 4.79 Å². The lowest BCUT2D eigenvalue weighted by atomic mass is 9.81. The van der Waals surface area contributed by atoms with Crippen LogP contribution in [-0.4, -0.2) is 9.97 Å². The van der Waals surface area contributed by atoms with E-state index in [0.717, 1.165) is 11.0 Å². The third kappa shape index (κ3) is 2.94. The second-order valence-corrected chi connectivity index (χ2v) is 6.84. The first-order chi connectivity index (χ1) is 8.90. The Morgan fingerprint density at radius 3 is 2.16 bits per heavy atom. The Hall–Kier alpha value is -1.03. The molecule has 1 atom stereocenters. The summed E-state index contributed by atoms with van der Waals surface area (Å²) in [7, 11) is 0. The summed E-state index contributed by atoms with van der Waals surface area (Å²) in [5.74, 6) is 1.76. The molecule has 0 saturated heterocycles. The number of fused-ring (bicyclic) bond motifs is 1. The van der Waals surface area contributed by atoms with E-state index in [0.29, 0.717) is 22.6 Å². The van der Waals surface area contributed by atoms with Crippen LogP contribution in [0.25, 0.3) is 11.0 Å². The molecular weight excluding hydrogens is 304 g/mol. The van der Waals surface area contributed by atoms with Crippen molar-refractivity contribution in [2.24, 2.45) is 17.8 Å². The zero-order valence-electron chi connectivity index (χ0n) is 11.8. The molecule has 0 fully saturated rings. The highest BCUT2D eigenvalue weighted by Gasteiger charge is 2.26. The van der Waals surface area contributed by atoms with Crippen LogP contribution in [0.1, 0.15) is 38.1 Å². The van der Waals surface area contributed by atoms with Gasteiger partial charge in [0.05, 0.1) is 11.0 Å². The summed E-state index contributed by atoms with van der Waals surface area (Å²) >= 11 is 3.84. The van der Waals surface area contributed by atoms with Crippen LogP contribution >= 0.6 is 15.9 Å². The van der Waals surface area contributed by atoms with Gasteiger partial charge in [0, 0.05) is 4.83 Å². The van der Waals surface area contributed by atoms with Gasteiger partial charge in [-0.2, -0.15) is 0 Å². The Labute approximate surface area is 121 Å². The highest BCUT2D eigenvalue weighted by molar-refractivity contribution is 9.09. The monoisotopic (exact) mass is 324 g/mol. The van der Waals surface area contributed by atoms with E-state index in [2.05, 4.69) is 65.7 Å². The summed E-state index contributed by atoms with van der Waals surface area (Å²) in [6.45, 7) is 9.04. The highest BCUT2D eigenvalue weighted by Crippen LogP contribution is 2.40. The number of aromatic nitrogens is 2. The van der Waals surface area contributed by atoms with Crippen LogP contribution in [0.4, 0.5) is 0 Å². The predicted octanol–water partition coefficient (Wildman–Crippen LogP) is 4.22. The minimum atomic E-state index is -0.150. The molecule has 1 unspecified atom stereocenters. The van der Waals surface area contributed by atoms with Gasteiger partial charge in [0.2, 0.25) is 0 Å². The molecule has 0 bridgehead atoms. The van der Waals surface area contributed by atoms with Gasteiger partial charge in [-0.3, -0.25) is 0 Å². The number of benzene rings is 1. The molecule has 19 heavy (non-hydrogen) atoms. The van der Waals surface area contributed by atoms with Crippen LogP contribution in [0.15, 0.2) is 23.0 Å². The summed E-state index contributed by atoms with van der Waals surface area (Å²) < 4.78 is 0. The second-order valence-electron chi connectivity index (χ2n) is 5.85. The average Bonchev–Trinajstić information content (AvgIpc) is 2.66. The summed E-state index contributed by atoms with van der Waals surface area (Å²) in [6.07, 6.45) is 0. The van der Waals surface area contributed by atoms with Crippen LogP contribution < -0.4 is 5.69 Å². The number of H-pyrrole nitrogens is 2. The molecular formula is C15H21BrN2O. The third-order valence-corrected chi connectivity index (χ3v) is 4.88. The van der Waals surface area contributed by atoms with E-state index in [9.17, 15) is 4.79 Å². The highest BCUT2D eigenvalue weighted by atomic mass is 79.9. The largest absolute Gasteiger partial charge is 0.323 e. The van der Waals surface area contributed by atoms with Crippen molar-refractivity contribution in [3.05, 3.63) is 34.2 Å². The molecule has 2 aromatic rings. The molecule has 2 N–H and O–H groups in total. The Morgan fingerprint density at radius 2 is 1.58 bits per heavy atom. The van der Waals surface area contributed by atoms with Gasteiger partial charge in [-0.05, 0) is 35.4 Å². The fourth-order valence-corrected chi connectivity index (χ4v) is 4.40. The number of nitrogens with one attached hydrogen (secondary N) is 2. The molecule has 0 aliphatic carbocycles. The maximum absolute atomic E-state index is 11.3. The van der Waals surface area contributed by atoms with Crippen LogP contribution in [0.5, 0.6) is 0 Å². The van der Waals surface area contributed by atoms with Crippen molar-refractivity contribution < 1.29 is 0 Å². The first-order valence-corrected chi connectivity index (χ1v) is 7.67. The zero-order chi connectivity index (χ0) is 14.2. The summed E-state index contributed by atoms with van der Waals surface area (Å²) in [4.78, 5) is 17.2.